The van der Waals surface area contributed by atoms with Gasteiger partial charge in [0.25, 0.3) is 5.69 Å². The first-order valence-corrected chi connectivity index (χ1v) is 5.00. The van der Waals surface area contributed by atoms with Crippen LogP contribution in [0.15, 0.2) is 24.3 Å². The molecule has 7 nitrogen and oxygen atoms in total. The summed E-state index contributed by atoms with van der Waals surface area (Å²) in [6, 6.07) is 6.31. The van der Waals surface area contributed by atoms with Crippen molar-refractivity contribution in [3.8, 4) is 17.4 Å². The van der Waals surface area contributed by atoms with E-state index in [9.17, 15) is 10.1 Å². The third-order valence-corrected chi connectivity index (χ3v) is 2.09. The van der Waals surface area contributed by atoms with Crippen molar-refractivity contribution < 1.29 is 9.66 Å². The van der Waals surface area contributed by atoms with Crippen LogP contribution in [0.2, 0.25) is 0 Å². The SMILES string of the molecule is CCOc1n[nH]c(-c2ccc([N+](=O)[O-])cc2)n1. The van der Waals surface area contributed by atoms with Gasteiger partial charge in [0, 0.05) is 17.7 Å². The normalized spacial score (nSPS) is 10.2. The minimum Gasteiger partial charge on any atom is -0.463 e. The first-order valence-electron chi connectivity index (χ1n) is 5.00. The number of H-pyrrole nitrogens is 1. The van der Waals surface area contributed by atoms with Gasteiger partial charge in [-0.25, -0.2) is 0 Å². The Bertz CT molecular complexity index is 521. The molecule has 0 fully saturated rings. The number of rotatable bonds is 4. The molecule has 0 amide bonds. The number of aromatic amines is 1. The highest BCUT2D eigenvalue weighted by Crippen LogP contribution is 2.20. The van der Waals surface area contributed by atoms with E-state index in [1.54, 1.807) is 12.1 Å². The number of hydrogen-bond donors (Lipinski definition) is 1. The quantitative estimate of drug-likeness (QED) is 0.642. The second-order valence-electron chi connectivity index (χ2n) is 3.20. The number of nitro benzene ring substituents is 1. The van der Waals surface area contributed by atoms with Crippen LogP contribution in [0.25, 0.3) is 11.4 Å². The number of aromatic nitrogens is 3. The van der Waals surface area contributed by atoms with Crippen LogP contribution in [0.5, 0.6) is 6.01 Å². The molecule has 0 atom stereocenters. The monoisotopic (exact) mass is 234 g/mol. The Hall–Kier alpha value is -2.44. The first-order chi connectivity index (χ1) is 8.20. The van der Waals surface area contributed by atoms with Gasteiger partial charge < -0.3 is 4.74 Å². The second kappa shape index (κ2) is 4.60. The van der Waals surface area contributed by atoms with Crippen LogP contribution < -0.4 is 4.74 Å². The minimum absolute atomic E-state index is 0.0401. The van der Waals surface area contributed by atoms with Crippen molar-refractivity contribution in [2.45, 2.75) is 6.92 Å². The van der Waals surface area contributed by atoms with Crippen LogP contribution in [0, 0.1) is 10.1 Å². The zero-order valence-electron chi connectivity index (χ0n) is 9.08. The van der Waals surface area contributed by atoms with Crippen LogP contribution in [-0.4, -0.2) is 26.7 Å². The van der Waals surface area contributed by atoms with E-state index in [0.717, 1.165) is 0 Å². The van der Waals surface area contributed by atoms with Gasteiger partial charge in [-0.15, -0.1) is 5.10 Å². The van der Waals surface area contributed by atoms with Crippen molar-refractivity contribution in [1.29, 1.82) is 0 Å². The lowest BCUT2D eigenvalue weighted by Gasteiger charge is -1.95. The van der Waals surface area contributed by atoms with Crippen LogP contribution in [0.3, 0.4) is 0 Å². The summed E-state index contributed by atoms with van der Waals surface area (Å²) >= 11 is 0. The van der Waals surface area contributed by atoms with Crippen LogP contribution >= 0.6 is 0 Å². The summed E-state index contributed by atoms with van der Waals surface area (Å²) in [5.74, 6) is 0.517. The number of nitro groups is 1. The molecule has 1 N–H and O–H groups in total. The van der Waals surface area contributed by atoms with Crippen molar-refractivity contribution in [3.05, 3.63) is 34.4 Å². The fourth-order valence-corrected chi connectivity index (χ4v) is 1.31. The summed E-state index contributed by atoms with van der Waals surface area (Å²) < 4.78 is 5.11. The Morgan fingerprint density at radius 2 is 2.12 bits per heavy atom. The molecule has 1 aromatic carbocycles. The molecule has 2 aromatic rings. The highest BCUT2D eigenvalue weighted by Gasteiger charge is 2.08. The second-order valence-corrected chi connectivity index (χ2v) is 3.20. The summed E-state index contributed by atoms with van der Waals surface area (Å²) in [5.41, 5.74) is 0.757. The van der Waals surface area contributed by atoms with Gasteiger partial charge in [-0.2, -0.15) is 4.98 Å². The number of nitrogens with one attached hydrogen (secondary N) is 1. The van der Waals surface area contributed by atoms with Crippen LogP contribution in [0.4, 0.5) is 5.69 Å². The standard InChI is InChI=1S/C10H10N4O3/c1-2-17-10-11-9(12-13-10)7-3-5-8(6-4-7)14(15)16/h3-6H,2H2,1H3,(H,11,12,13). The maximum Gasteiger partial charge on any atom is 0.335 e. The zero-order valence-corrected chi connectivity index (χ0v) is 9.08. The summed E-state index contributed by atoms with van der Waals surface area (Å²) in [7, 11) is 0. The predicted octanol–water partition coefficient (Wildman–Crippen LogP) is 1.78. The lowest BCUT2D eigenvalue weighted by molar-refractivity contribution is -0.384. The maximum absolute atomic E-state index is 10.5. The van der Waals surface area contributed by atoms with Gasteiger partial charge in [-0.1, -0.05) is 0 Å². The van der Waals surface area contributed by atoms with E-state index in [-0.39, 0.29) is 11.7 Å². The predicted molar refractivity (Wildman–Crippen MR) is 59.6 cm³/mol. The van der Waals surface area contributed by atoms with E-state index in [4.69, 9.17) is 4.74 Å². The lowest BCUT2D eigenvalue weighted by atomic mass is 10.2. The average molecular weight is 234 g/mol. The molecular weight excluding hydrogens is 224 g/mol. The molecule has 0 radical (unpaired) electrons. The molecule has 0 spiro atoms. The van der Waals surface area contributed by atoms with E-state index in [1.165, 1.54) is 12.1 Å². The summed E-state index contributed by atoms with van der Waals surface area (Å²) in [5, 5.41) is 17.0. The van der Waals surface area contributed by atoms with Gasteiger partial charge in [0.2, 0.25) is 0 Å². The molecule has 1 heterocycles. The van der Waals surface area contributed by atoms with Crippen molar-refractivity contribution in [1.82, 2.24) is 15.2 Å². The maximum atomic E-state index is 10.5. The molecular formula is C10H10N4O3. The van der Waals surface area contributed by atoms with Crippen molar-refractivity contribution >= 4 is 5.69 Å². The lowest BCUT2D eigenvalue weighted by Crippen LogP contribution is -1.92. The fourth-order valence-electron chi connectivity index (χ4n) is 1.31. The van der Waals surface area contributed by atoms with Crippen LogP contribution in [0.1, 0.15) is 6.92 Å². The smallest absolute Gasteiger partial charge is 0.335 e. The molecule has 17 heavy (non-hydrogen) atoms. The van der Waals surface area contributed by atoms with E-state index >= 15 is 0 Å². The van der Waals surface area contributed by atoms with E-state index < -0.39 is 4.92 Å². The fraction of sp³-hybridized carbons (Fsp3) is 0.200. The molecule has 7 heteroatoms. The Morgan fingerprint density at radius 1 is 1.41 bits per heavy atom. The molecule has 0 unspecified atom stereocenters. The van der Waals surface area contributed by atoms with E-state index in [2.05, 4.69) is 15.2 Å². The number of non-ortho nitro benzene ring substituents is 1. The molecule has 88 valence electrons. The summed E-state index contributed by atoms with van der Waals surface area (Å²) in [6.07, 6.45) is 0. The third kappa shape index (κ3) is 2.39. The Morgan fingerprint density at radius 3 is 2.71 bits per heavy atom. The number of hydrogen-bond acceptors (Lipinski definition) is 5. The summed E-state index contributed by atoms with van der Waals surface area (Å²) in [4.78, 5) is 14.1. The van der Waals surface area contributed by atoms with Crippen molar-refractivity contribution in [3.63, 3.8) is 0 Å². The van der Waals surface area contributed by atoms with Gasteiger partial charge >= 0.3 is 6.01 Å². The summed E-state index contributed by atoms with van der Waals surface area (Å²) in [6.45, 7) is 2.32. The van der Waals surface area contributed by atoms with Crippen molar-refractivity contribution in [2.75, 3.05) is 6.61 Å². The van der Waals surface area contributed by atoms with Crippen molar-refractivity contribution in [2.24, 2.45) is 0 Å². The molecule has 1 aromatic heterocycles. The van der Waals surface area contributed by atoms with Crippen LogP contribution in [-0.2, 0) is 0 Å². The van der Waals surface area contributed by atoms with Gasteiger partial charge in [0.05, 0.1) is 11.5 Å². The van der Waals surface area contributed by atoms with Gasteiger partial charge in [0.15, 0.2) is 5.82 Å². The highest BCUT2D eigenvalue weighted by molar-refractivity contribution is 5.57. The molecule has 0 aliphatic carbocycles. The highest BCUT2D eigenvalue weighted by atomic mass is 16.6. The molecule has 2 rings (SSSR count). The zero-order chi connectivity index (χ0) is 12.3. The van der Waals surface area contributed by atoms with E-state index in [0.29, 0.717) is 18.0 Å². The number of ether oxygens (including phenoxy) is 1. The molecule has 0 bridgehead atoms. The topological polar surface area (TPSA) is 93.9 Å². The molecule has 0 saturated carbocycles. The third-order valence-electron chi connectivity index (χ3n) is 2.09. The average Bonchev–Trinajstić information content (AvgIpc) is 2.78. The van der Waals surface area contributed by atoms with Gasteiger partial charge in [0.1, 0.15) is 0 Å². The van der Waals surface area contributed by atoms with E-state index in [1.807, 2.05) is 6.92 Å². The Kier molecular flexibility index (Phi) is 2.99. The Balaban J connectivity index is 2.23. The van der Waals surface area contributed by atoms with Gasteiger partial charge in [-0.3, -0.25) is 15.2 Å². The van der Waals surface area contributed by atoms with Gasteiger partial charge in [-0.05, 0) is 19.1 Å². The first kappa shape index (κ1) is 11.1. The molecule has 0 aliphatic heterocycles. The Labute approximate surface area is 96.6 Å². The molecule has 0 aliphatic rings. The number of benzene rings is 1. The number of nitrogens with zero attached hydrogens (tertiary/aromatic N) is 3. The minimum atomic E-state index is -0.449. The molecule has 0 saturated heterocycles. The largest absolute Gasteiger partial charge is 0.463 e.